The van der Waals surface area contributed by atoms with Crippen LogP contribution in [0.5, 0.6) is 5.75 Å². The van der Waals surface area contributed by atoms with E-state index in [-0.39, 0.29) is 12.5 Å². The normalized spacial score (nSPS) is 17.9. The van der Waals surface area contributed by atoms with E-state index in [9.17, 15) is 9.90 Å². The number of rotatable bonds is 3. The van der Waals surface area contributed by atoms with Crippen molar-refractivity contribution in [2.24, 2.45) is 0 Å². The Morgan fingerprint density at radius 2 is 2.00 bits per heavy atom. The number of aliphatic hydroxyl groups is 1. The molecule has 1 aromatic carbocycles. The molecule has 0 spiro atoms. The molecule has 1 aliphatic rings. The first-order chi connectivity index (χ1) is 9.37. The largest absolute Gasteiger partial charge is 0.483 e. The molecule has 0 atom stereocenters. The Morgan fingerprint density at radius 1 is 1.35 bits per heavy atom. The van der Waals surface area contributed by atoms with Crippen LogP contribution in [-0.2, 0) is 4.79 Å². The van der Waals surface area contributed by atoms with Crippen molar-refractivity contribution in [2.45, 2.75) is 39.2 Å². The molecule has 1 heterocycles. The molecule has 1 aromatic rings. The van der Waals surface area contributed by atoms with Crippen molar-refractivity contribution in [1.82, 2.24) is 4.90 Å². The second-order valence-corrected chi connectivity index (χ2v) is 5.94. The molecule has 20 heavy (non-hydrogen) atoms. The Labute approximate surface area is 120 Å². The Hall–Kier alpha value is -1.55. The molecule has 1 N–H and O–H groups in total. The number of ether oxygens (including phenoxy) is 1. The molecule has 0 radical (unpaired) electrons. The smallest absolute Gasteiger partial charge is 0.260 e. The highest BCUT2D eigenvalue weighted by molar-refractivity contribution is 5.78. The lowest BCUT2D eigenvalue weighted by Crippen LogP contribution is -2.46. The standard InChI is InChI=1S/C16H23NO3/c1-12-4-5-13(2)14(10-12)20-11-15(18)17-8-6-16(3,19)7-9-17/h4-5,10,19H,6-9,11H2,1-3H3. The van der Waals surface area contributed by atoms with E-state index >= 15 is 0 Å². The van der Waals surface area contributed by atoms with Crippen LogP contribution in [-0.4, -0.2) is 41.2 Å². The molecular weight excluding hydrogens is 254 g/mol. The van der Waals surface area contributed by atoms with Gasteiger partial charge in [-0.15, -0.1) is 0 Å². The monoisotopic (exact) mass is 277 g/mol. The van der Waals surface area contributed by atoms with E-state index in [1.807, 2.05) is 39.0 Å². The maximum absolute atomic E-state index is 12.1. The third-order valence-electron chi connectivity index (χ3n) is 3.89. The molecule has 1 fully saturated rings. The molecule has 110 valence electrons. The lowest BCUT2D eigenvalue weighted by atomic mass is 9.94. The third kappa shape index (κ3) is 3.73. The van der Waals surface area contributed by atoms with Crippen molar-refractivity contribution in [2.75, 3.05) is 19.7 Å². The zero-order valence-electron chi connectivity index (χ0n) is 12.5. The van der Waals surface area contributed by atoms with Gasteiger partial charge in [0.2, 0.25) is 0 Å². The van der Waals surface area contributed by atoms with E-state index in [0.29, 0.717) is 25.9 Å². The van der Waals surface area contributed by atoms with Gasteiger partial charge in [0.15, 0.2) is 6.61 Å². The Kier molecular flexibility index (Phi) is 4.33. The van der Waals surface area contributed by atoms with Gasteiger partial charge in [0.05, 0.1) is 5.60 Å². The molecule has 0 saturated carbocycles. The molecule has 0 bridgehead atoms. The SMILES string of the molecule is Cc1ccc(C)c(OCC(=O)N2CCC(C)(O)CC2)c1. The minimum atomic E-state index is -0.634. The van der Waals surface area contributed by atoms with E-state index in [2.05, 4.69) is 0 Å². The van der Waals surface area contributed by atoms with Crippen LogP contribution in [0, 0.1) is 13.8 Å². The van der Waals surface area contributed by atoms with Gasteiger partial charge in [-0.2, -0.15) is 0 Å². The fraction of sp³-hybridized carbons (Fsp3) is 0.562. The number of carbonyl (C=O) groups excluding carboxylic acids is 1. The first-order valence-electron chi connectivity index (χ1n) is 7.08. The van der Waals surface area contributed by atoms with E-state index in [0.717, 1.165) is 16.9 Å². The Balaban J connectivity index is 1.88. The van der Waals surface area contributed by atoms with Gasteiger partial charge in [0.25, 0.3) is 5.91 Å². The number of hydrogen-bond donors (Lipinski definition) is 1. The van der Waals surface area contributed by atoms with Gasteiger partial charge in [-0.3, -0.25) is 4.79 Å². The van der Waals surface area contributed by atoms with Crippen molar-refractivity contribution in [3.8, 4) is 5.75 Å². The summed E-state index contributed by atoms with van der Waals surface area (Å²) in [7, 11) is 0. The molecule has 0 unspecified atom stereocenters. The molecule has 1 amide bonds. The van der Waals surface area contributed by atoms with Gasteiger partial charge >= 0.3 is 0 Å². The molecular formula is C16H23NO3. The van der Waals surface area contributed by atoms with E-state index < -0.39 is 5.60 Å². The highest BCUT2D eigenvalue weighted by atomic mass is 16.5. The van der Waals surface area contributed by atoms with Crippen molar-refractivity contribution in [3.63, 3.8) is 0 Å². The summed E-state index contributed by atoms with van der Waals surface area (Å²) >= 11 is 0. The zero-order chi connectivity index (χ0) is 14.8. The highest BCUT2D eigenvalue weighted by Gasteiger charge is 2.29. The lowest BCUT2D eigenvalue weighted by Gasteiger charge is -2.35. The van der Waals surface area contributed by atoms with Gasteiger partial charge in [0.1, 0.15) is 5.75 Å². The van der Waals surface area contributed by atoms with E-state index in [1.165, 1.54) is 0 Å². The number of benzene rings is 1. The number of amides is 1. The second-order valence-electron chi connectivity index (χ2n) is 5.94. The summed E-state index contributed by atoms with van der Waals surface area (Å²) in [6.45, 7) is 7.05. The minimum absolute atomic E-state index is 0.0126. The van der Waals surface area contributed by atoms with Crippen molar-refractivity contribution in [1.29, 1.82) is 0 Å². The first kappa shape index (κ1) is 14.9. The van der Waals surface area contributed by atoms with Crippen LogP contribution >= 0.6 is 0 Å². The van der Waals surface area contributed by atoms with Crippen LogP contribution in [0.15, 0.2) is 18.2 Å². The third-order valence-corrected chi connectivity index (χ3v) is 3.89. The number of hydrogen-bond acceptors (Lipinski definition) is 3. The second kappa shape index (κ2) is 5.83. The summed E-state index contributed by atoms with van der Waals surface area (Å²) in [6.07, 6.45) is 1.25. The van der Waals surface area contributed by atoms with Crippen molar-refractivity contribution >= 4 is 5.91 Å². The minimum Gasteiger partial charge on any atom is -0.483 e. The van der Waals surface area contributed by atoms with Gasteiger partial charge in [0, 0.05) is 13.1 Å². The zero-order valence-corrected chi connectivity index (χ0v) is 12.5. The van der Waals surface area contributed by atoms with E-state index in [1.54, 1.807) is 4.90 Å². The maximum atomic E-state index is 12.1. The average Bonchev–Trinajstić information content (AvgIpc) is 2.39. The number of nitrogens with zero attached hydrogens (tertiary/aromatic N) is 1. The predicted molar refractivity (Wildman–Crippen MR) is 77.8 cm³/mol. The van der Waals surface area contributed by atoms with Crippen LogP contribution in [0.25, 0.3) is 0 Å². The highest BCUT2D eigenvalue weighted by Crippen LogP contribution is 2.22. The Bertz CT molecular complexity index is 486. The summed E-state index contributed by atoms with van der Waals surface area (Å²) < 4.78 is 5.63. The van der Waals surface area contributed by atoms with Crippen molar-refractivity contribution < 1.29 is 14.6 Å². The van der Waals surface area contributed by atoms with Crippen LogP contribution in [0.3, 0.4) is 0 Å². The predicted octanol–water partition coefficient (Wildman–Crippen LogP) is 2.06. The summed E-state index contributed by atoms with van der Waals surface area (Å²) in [5.41, 5.74) is 1.52. The van der Waals surface area contributed by atoms with Gasteiger partial charge < -0.3 is 14.7 Å². The number of piperidine rings is 1. The molecule has 4 heteroatoms. The molecule has 2 rings (SSSR count). The number of aryl methyl sites for hydroxylation is 2. The van der Waals surface area contributed by atoms with Crippen LogP contribution in [0.4, 0.5) is 0 Å². The van der Waals surface area contributed by atoms with Gasteiger partial charge in [-0.25, -0.2) is 0 Å². The van der Waals surface area contributed by atoms with Crippen molar-refractivity contribution in [3.05, 3.63) is 29.3 Å². The van der Waals surface area contributed by atoms with Gasteiger partial charge in [-0.05, 0) is 50.8 Å². The van der Waals surface area contributed by atoms with Gasteiger partial charge in [-0.1, -0.05) is 12.1 Å². The molecule has 1 aliphatic heterocycles. The molecule has 4 nitrogen and oxygen atoms in total. The molecule has 0 aliphatic carbocycles. The maximum Gasteiger partial charge on any atom is 0.260 e. The van der Waals surface area contributed by atoms with Crippen LogP contribution in [0.1, 0.15) is 30.9 Å². The van der Waals surface area contributed by atoms with Crippen LogP contribution < -0.4 is 4.74 Å². The average molecular weight is 277 g/mol. The van der Waals surface area contributed by atoms with E-state index in [4.69, 9.17) is 4.74 Å². The first-order valence-corrected chi connectivity index (χ1v) is 7.08. The topological polar surface area (TPSA) is 49.8 Å². The summed E-state index contributed by atoms with van der Waals surface area (Å²) in [5, 5.41) is 9.88. The fourth-order valence-electron chi connectivity index (χ4n) is 2.33. The van der Waals surface area contributed by atoms with Crippen LogP contribution in [0.2, 0.25) is 0 Å². The number of carbonyl (C=O) groups is 1. The fourth-order valence-corrected chi connectivity index (χ4v) is 2.33. The molecule has 1 saturated heterocycles. The quantitative estimate of drug-likeness (QED) is 0.920. The molecule has 0 aromatic heterocycles. The summed E-state index contributed by atoms with van der Waals surface area (Å²) in [5.74, 6) is 0.753. The summed E-state index contributed by atoms with van der Waals surface area (Å²) in [6, 6.07) is 5.97. The lowest BCUT2D eigenvalue weighted by molar-refractivity contribution is -0.137. The summed E-state index contributed by atoms with van der Waals surface area (Å²) in [4.78, 5) is 13.9. The Morgan fingerprint density at radius 3 is 2.65 bits per heavy atom. The number of likely N-dealkylation sites (tertiary alicyclic amines) is 1.